The fourth-order valence-corrected chi connectivity index (χ4v) is 3.78. The van der Waals surface area contributed by atoms with Crippen LogP contribution in [0.4, 0.5) is 10.1 Å². The molecule has 2 N–H and O–H groups in total. The fraction of sp³-hybridized carbons (Fsp3) is 0.120. The van der Waals surface area contributed by atoms with E-state index in [9.17, 15) is 19.1 Å². The number of amides is 2. The Kier molecular flexibility index (Phi) is 5.84. The molecule has 0 unspecified atom stereocenters. The van der Waals surface area contributed by atoms with Gasteiger partial charge in [0.1, 0.15) is 12.4 Å². The van der Waals surface area contributed by atoms with E-state index in [2.05, 4.69) is 15.5 Å². The number of rotatable bonds is 6. The van der Waals surface area contributed by atoms with Gasteiger partial charge in [-0.3, -0.25) is 9.59 Å². The van der Waals surface area contributed by atoms with Crippen molar-refractivity contribution in [3.8, 4) is 17.4 Å². The van der Waals surface area contributed by atoms with E-state index in [1.807, 2.05) is 24.3 Å². The number of nitrogens with zero attached hydrogens (tertiary/aromatic N) is 3. The van der Waals surface area contributed by atoms with Gasteiger partial charge in [0.15, 0.2) is 17.2 Å². The number of hydrogen-bond acceptors (Lipinski definition) is 6. The average Bonchev–Trinajstić information content (AvgIpc) is 3.43. The van der Waals surface area contributed by atoms with Gasteiger partial charge in [0.05, 0.1) is 12.1 Å². The van der Waals surface area contributed by atoms with Gasteiger partial charge >= 0.3 is 0 Å². The number of aromatic nitrogens is 1. The first-order valence-electron chi connectivity index (χ1n) is 10.7. The summed E-state index contributed by atoms with van der Waals surface area (Å²) in [6.07, 6.45) is 0. The number of fused-ring (bicyclic) bond motifs is 2. The predicted molar refractivity (Wildman–Crippen MR) is 124 cm³/mol. The third-order valence-corrected chi connectivity index (χ3v) is 5.44. The van der Waals surface area contributed by atoms with Crippen LogP contribution in [0, 0.1) is 5.82 Å². The van der Waals surface area contributed by atoms with Crippen LogP contribution in [0.3, 0.4) is 0 Å². The molecule has 35 heavy (non-hydrogen) atoms. The van der Waals surface area contributed by atoms with E-state index in [1.54, 1.807) is 22.8 Å². The zero-order valence-electron chi connectivity index (χ0n) is 18.3. The Morgan fingerprint density at radius 2 is 1.86 bits per heavy atom. The number of halogens is 1. The van der Waals surface area contributed by atoms with Crippen molar-refractivity contribution < 1.29 is 28.6 Å². The normalized spacial score (nSPS) is 12.4. The lowest BCUT2D eigenvalue weighted by Crippen LogP contribution is -2.28. The zero-order chi connectivity index (χ0) is 24.4. The molecule has 2 amide bonds. The van der Waals surface area contributed by atoms with Gasteiger partial charge in [0, 0.05) is 10.9 Å². The van der Waals surface area contributed by atoms with Gasteiger partial charge in [0.2, 0.25) is 12.7 Å². The number of carbonyl (C=O) groups is 2. The monoisotopic (exact) mass is 474 g/mol. The van der Waals surface area contributed by atoms with Crippen molar-refractivity contribution in [3.05, 3.63) is 83.7 Å². The number of aromatic hydroxyl groups is 1. The van der Waals surface area contributed by atoms with Crippen LogP contribution in [0.2, 0.25) is 0 Å². The lowest BCUT2D eigenvalue weighted by atomic mass is 10.2. The minimum absolute atomic E-state index is 0.0824. The van der Waals surface area contributed by atoms with Crippen LogP contribution in [-0.2, 0) is 11.3 Å². The lowest BCUT2D eigenvalue weighted by molar-refractivity contribution is -0.117. The molecule has 0 saturated heterocycles. The molecule has 9 nitrogen and oxygen atoms in total. The van der Waals surface area contributed by atoms with Crippen molar-refractivity contribution in [1.29, 1.82) is 0 Å². The number of azo groups is 1. The Labute approximate surface area is 198 Å². The Balaban J connectivity index is 1.34. The van der Waals surface area contributed by atoms with Crippen molar-refractivity contribution in [3.63, 3.8) is 0 Å². The second-order valence-electron chi connectivity index (χ2n) is 7.75. The van der Waals surface area contributed by atoms with Gasteiger partial charge in [-0.05, 0) is 42.0 Å². The smallest absolute Gasteiger partial charge is 0.283 e. The van der Waals surface area contributed by atoms with Crippen LogP contribution in [0.1, 0.15) is 15.9 Å². The van der Waals surface area contributed by atoms with Gasteiger partial charge in [-0.2, -0.15) is 0 Å². The molecule has 5 rings (SSSR count). The molecule has 0 radical (unpaired) electrons. The molecule has 0 fully saturated rings. The van der Waals surface area contributed by atoms with Crippen LogP contribution in [0.5, 0.6) is 17.4 Å². The third kappa shape index (κ3) is 4.54. The Morgan fingerprint density at radius 3 is 2.71 bits per heavy atom. The molecule has 1 aromatic heterocycles. The number of ether oxygens (including phenoxy) is 2. The molecule has 1 aliphatic rings. The summed E-state index contributed by atoms with van der Waals surface area (Å²) in [6.45, 7) is 0.0450. The van der Waals surface area contributed by atoms with E-state index < -0.39 is 24.2 Å². The summed E-state index contributed by atoms with van der Waals surface area (Å²) in [6, 6.07) is 17.8. The highest BCUT2D eigenvalue weighted by Gasteiger charge is 2.19. The van der Waals surface area contributed by atoms with Crippen LogP contribution < -0.4 is 14.8 Å². The summed E-state index contributed by atoms with van der Waals surface area (Å²) in [4.78, 5) is 24.3. The third-order valence-electron chi connectivity index (χ3n) is 5.44. The minimum Gasteiger partial charge on any atom is -0.493 e. The molecule has 0 atom stereocenters. The molecule has 0 spiro atoms. The average molecular weight is 474 g/mol. The summed E-state index contributed by atoms with van der Waals surface area (Å²) in [7, 11) is 0. The zero-order valence-corrected chi connectivity index (χ0v) is 18.3. The van der Waals surface area contributed by atoms with Gasteiger partial charge in [-0.25, -0.2) is 4.39 Å². The molecule has 2 heterocycles. The van der Waals surface area contributed by atoms with Crippen molar-refractivity contribution in [2.75, 3.05) is 13.3 Å². The number of para-hydroxylation sites is 1. The molecule has 0 aliphatic carbocycles. The first kappa shape index (κ1) is 22.1. The first-order valence-corrected chi connectivity index (χ1v) is 10.7. The van der Waals surface area contributed by atoms with Crippen LogP contribution in [0.15, 0.2) is 77.0 Å². The molecule has 0 bridgehead atoms. The molecule has 10 heteroatoms. The van der Waals surface area contributed by atoms with Gasteiger partial charge < -0.3 is 24.5 Å². The highest BCUT2D eigenvalue weighted by atomic mass is 19.1. The van der Waals surface area contributed by atoms with Gasteiger partial charge in [-0.1, -0.05) is 30.3 Å². The quantitative estimate of drug-likeness (QED) is 0.405. The number of carbonyl (C=O) groups excluding carboxylic acids is 2. The van der Waals surface area contributed by atoms with Crippen molar-refractivity contribution in [2.24, 2.45) is 10.2 Å². The lowest BCUT2D eigenvalue weighted by Gasteiger charge is -2.08. The number of nitrogens with one attached hydrogen (secondary N) is 1. The van der Waals surface area contributed by atoms with Crippen molar-refractivity contribution >= 4 is 28.4 Å². The topological polar surface area (TPSA) is 115 Å². The van der Waals surface area contributed by atoms with E-state index in [0.717, 1.165) is 11.6 Å². The van der Waals surface area contributed by atoms with E-state index in [-0.39, 0.29) is 23.9 Å². The second-order valence-corrected chi connectivity index (χ2v) is 7.75. The Morgan fingerprint density at radius 1 is 1.03 bits per heavy atom. The summed E-state index contributed by atoms with van der Waals surface area (Å²) in [5.41, 5.74) is 1.78. The highest BCUT2D eigenvalue weighted by molar-refractivity contribution is 5.97. The largest absolute Gasteiger partial charge is 0.493 e. The predicted octanol–water partition coefficient (Wildman–Crippen LogP) is 4.30. The second kappa shape index (κ2) is 9.26. The molecular formula is C25H19FN4O5. The van der Waals surface area contributed by atoms with Gasteiger partial charge in [-0.15, -0.1) is 10.2 Å². The molecule has 1 aliphatic heterocycles. The molecule has 0 saturated carbocycles. The highest BCUT2D eigenvalue weighted by Crippen LogP contribution is 2.40. The van der Waals surface area contributed by atoms with E-state index >= 15 is 0 Å². The van der Waals surface area contributed by atoms with Crippen LogP contribution >= 0.6 is 0 Å². The Bertz CT molecular complexity index is 1480. The summed E-state index contributed by atoms with van der Waals surface area (Å²) >= 11 is 0. The molecule has 3 aromatic carbocycles. The maximum absolute atomic E-state index is 13.3. The maximum Gasteiger partial charge on any atom is 0.283 e. The first-order chi connectivity index (χ1) is 17.0. The van der Waals surface area contributed by atoms with E-state index in [0.29, 0.717) is 28.9 Å². The van der Waals surface area contributed by atoms with E-state index in [4.69, 9.17) is 9.47 Å². The molecular weight excluding hydrogens is 455 g/mol. The number of hydrogen-bond donors (Lipinski definition) is 2. The molecule has 176 valence electrons. The van der Waals surface area contributed by atoms with Crippen molar-refractivity contribution in [2.45, 2.75) is 6.54 Å². The SMILES string of the molecule is O=C(CNC(=O)c1cccc(F)c1)N=Nc1c(O)n(Cc2ccc3c(c2)OCO3)c2ccccc12. The summed E-state index contributed by atoms with van der Waals surface area (Å²) in [5, 5.41) is 21.5. The maximum atomic E-state index is 13.3. The minimum atomic E-state index is -0.734. The van der Waals surface area contributed by atoms with Crippen LogP contribution in [-0.4, -0.2) is 34.8 Å². The Hall–Kier alpha value is -4.73. The fourth-order valence-electron chi connectivity index (χ4n) is 3.78. The van der Waals surface area contributed by atoms with Crippen LogP contribution in [0.25, 0.3) is 10.9 Å². The van der Waals surface area contributed by atoms with E-state index in [1.165, 1.54) is 18.2 Å². The number of benzene rings is 3. The summed E-state index contributed by atoms with van der Waals surface area (Å²) in [5.74, 6) is -0.782. The molecule has 4 aromatic rings. The van der Waals surface area contributed by atoms with Crippen molar-refractivity contribution in [1.82, 2.24) is 9.88 Å². The summed E-state index contributed by atoms with van der Waals surface area (Å²) < 4.78 is 25.7. The standard InChI is InChI=1S/C25H19FN4O5/c26-17-5-3-4-16(11-17)24(32)27-12-22(31)28-29-23-18-6-1-2-7-19(18)30(25(23)33)13-15-8-9-20-21(10-15)35-14-34-20/h1-11,33H,12-14H2,(H,27,32). The van der Waals surface area contributed by atoms with Gasteiger partial charge in [0.25, 0.3) is 11.8 Å².